The van der Waals surface area contributed by atoms with E-state index in [9.17, 15) is 0 Å². The normalized spacial score (nSPS) is 9.20. The molecule has 80 valence electrons. The summed E-state index contributed by atoms with van der Waals surface area (Å²) < 4.78 is 0. The van der Waals surface area contributed by atoms with Crippen molar-refractivity contribution in [3.8, 4) is 0 Å². The molecule has 0 amide bonds. The van der Waals surface area contributed by atoms with Gasteiger partial charge in [-0.3, -0.25) is 0 Å². The molecule has 1 heteroatoms. The summed E-state index contributed by atoms with van der Waals surface area (Å²) in [4.78, 5) is 0. The second-order valence-corrected chi connectivity index (χ2v) is 3.31. The van der Waals surface area contributed by atoms with Gasteiger partial charge in [0.05, 0.1) is 0 Å². The highest BCUT2D eigenvalue weighted by molar-refractivity contribution is 5.49. The summed E-state index contributed by atoms with van der Waals surface area (Å²) in [7, 11) is 0. The van der Waals surface area contributed by atoms with Crippen LogP contribution in [0.1, 0.15) is 19.4 Å². The van der Waals surface area contributed by atoms with Crippen LogP contribution in [0.15, 0.2) is 48.5 Å². The van der Waals surface area contributed by atoms with Gasteiger partial charge in [0, 0.05) is 12.2 Å². The molecule has 0 saturated heterocycles. The van der Waals surface area contributed by atoms with Crippen LogP contribution < -0.4 is 5.32 Å². The topological polar surface area (TPSA) is 12.0 Å². The monoisotopic (exact) mass is 201 g/mol. The van der Waals surface area contributed by atoms with Crippen LogP contribution in [0.25, 0.3) is 0 Å². The van der Waals surface area contributed by atoms with Gasteiger partial charge in [0.15, 0.2) is 0 Å². The van der Waals surface area contributed by atoms with E-state index in [-0.39, 0.29) is 0 Å². The molecule has 0 radical (unpaired) electrons. The average Bonchev–Trinajstić information content (AvgIpc) is 2.27. The van der Waals surface area contributed by atoms with Gasteiger partial charge >= 0.3 is 0 Å². The third-order valence-electron chi connectivity index (χ3n) is 2.21. The highest BCUT2D eigenvalue weighted by Crippen LogP contribution is 2.12. The predicted octanol–water partition coefficient (Wildman–Crippen LogP) is 3.81. The molecular formula is C14H19N. The maximum atomic E-state index is 3.39. The van der Waals surface area contributed by atoms with E-state index in [0.29, 0.717) is 0 Å². The molecule has 0 unspecified atom stereocenters. The summed E-state index contributed by atoms with van der Waals surface area (Å²) in [6, 6.07) is 16.6. The molecule has 0 aliphatic rings. The summed E-state index contributed by atoms with van der Waals surface area (Å²) >= 11 is 0. The Morgan fingerprint density at radius 2 is 1.47 bits per heavy atom. The Morgan fingerprint density at radius 1 is 0.867 bits per heavy atom. The van der Waals surface area contributed by atoms with E-state index in [1.54, 1.807) is 0 Å². The summed E-state index contributed by atoms with van der Waals surface area (Å²) in [5.41, 5.74) is 2.56. The van der Waals surface area contributed by atoms with E-state index in [4.69, 9.17) is 0 Å². The Balaban J connectivity index is 3.21. The van der Waals surface area contributed by atoms with Gasteiger partial charge in [-0.05, 0) is 25.0 Å². The smallest absolute Gasteiger partial charge is 0.0372 e. The molecular weight excluding hydrogens is 182 g/mol. The Hall–Kier alpha value is -1.50. The van der Waals surface area contributed by atoms with Crippen molar-refractivity contribution in [3.05, 3.63) is 54.1 Å². The van der Waals surface area contributed by atoms with Gasteiger partial charge in [-0.1, -0.05) is 49.4 Å². The van der Waals surface area contributed by atoms with Crippen LogP contribution in [0.5, 0.6) is 0 Å². The molecule has 1 aromatic carbocycles. The Kier molecular flexibility index (Phi) is 5.31. The Bertz CT molecular complexity index is 343. The standard InChI is InChI=1S/C14H19N/c1-3-13-11-9-7-5-6-8-10-12-14(13)15-4-2/h5-12,15H,3-4H2,1-2H3. The molecule has 0 aliphatic heterocycles. The van der Waals surface area contributed by atoms with Crippen molar-refractivity contribution in [3.63, 3.8) is 0 Å². The van der Waals surface area contributed by atoms with E-state index in [0.717, 1.165) is 13.0 Å². The first-order chi connectivity index (χ1) is 7.38. The van der Waals surface area contributed by atoms with Crippen molar-refractivity contribution in [2.45, 2.75) is 20.3 Å². The molecule has 0 aromatic heterocycles. The zero-order chi connectivity index (χ0) is 10.9. The van der Waals surface area contributed by atoms with Gasteiger partial charge in [-0.25, -0.2) is 0 Å². The first-order valence-electron chi connectivity index (χ1n) is 5.53. The third-order valence-corrected chi connectivity index (χ3v) is 2.21. The molecule has 1 nitrogen and oxygen atoms in total. The number of hydrogen-bond acceptors (Lipinski definition) is 1. The Morgan fingerprint density at radius 3 is 2.07 bits per heavy atom. The van der Waals surface area contributed by atoms with Crippen molar-refractivity contribution in [2.24, 2.45) is 0 Å². The molecule has 0 aliphatic carbocycles. The van der Waals surface area contributed by atoms with Gasteiger partial charge in [0.1, 0.15) is 0 Å². The number of hydrogen-bond donors (Lipinski definition) is 1. The lowest BCUT2D eigenvalue weighted by Crippen LogP contribution is -1.98. The van der Waals surface area contributed by atoms with E-state index in [1.807, 2.05) is 18.2 Å². The second-order valence-electron chi connectivity index (χ2n) is 3.31. The van der Waals surface area contributed by atoms with Gasteiger partial charge in [-0.2, -0.15) is 0 Å². The predicted molar refractivity (Wildman–Crippen MR) is 67.6 cm³/mol. The highest BCUT2D eigenvalue weighted by Gasteiger charge is 1.93. The van der Waals surface area contributed by atoms with E-state index >= 15 is 0 Å². The molecule has 15 heavy (non-hydrogen) atoms. The van der Waals surface area contributed by atoms with E-state index in [2.05, 4.69) is 49.5 Å². The van der Waals surface area contributed by atoms with Crippen molar-refractivity contribution in [1.82, 2.24) is 0 Å². The van der Waals surface area contributed by atoms with Gasteiger partial charge < -0.3 is 5.32 Å². The van der Waals surface area contributed by atoms with Crippen LogP contribution in [0.2, 0.25) is 0 Å². The molecule has 0 atom stereocenters. The highest BCUT2D eigenvalue weighted by atomic mass is 14.9. The second kappa shape index (κ2) is 6.88. The molecule has 0 saturated carbocycles. The first-order valence-corrected chi connectivity index (χ1v) is 5.53. The number of aryl methyl sites for hydroxylation is 1. The average molecular weight is 201 g/mol. The van der Waals surface area contributed by atoms with Crippen LogP contribution in [0, 0.1) is 0 Å². The SMILES string of the molecule is CCNc1ccccccccc1CC. The quantitative estimate of drug-likeness (QED) is 0.784. The number of nitrogens with one attached hydrogen (secondary N) is 1. The number of rotatable bonds is 3. The zero-order valence-corrected chi connectivity index (χ0v) is 9.53. The largest absolute Gasteiger partial charge is 0.385 e. The molecule has 1 rings (SSSR count). The fraction of sp³-hybridized carbons (Fsp3) is 0.286. The van der Waals surface area contributed by atoms with Crippen LogP contribution in [-0.4, -0.2) is 6.54 Å². The summed E-state index contributed by atoms with van der Waals surface area (Å²) in [5.74, 6) is 0. The van der Waals surface area contributed by atoms with Crippen molar-refractivity contribution < 1.29 is 0 Å². The van der Waals surface area contributed by atoms with Crippen molar-refractivity contribution >= 4 is 5.69 Å². The van der Waals surface area contributed by atoms with E-state index in [1.165, 1.54) is 11.3 Å². The van der Waals surface area contributed by atoms with Gasteiger partial charge in [0.2, 0.25) is 0 Å². The molecule has 0 bridgehead atoms. The van der Waals surface area contributed by atoms with E-state index < -0.39 is 0 Å². The molecule has 0 fully saturated rings. The Labute approximate surface area is 92.5 Å². The maximum absolute atomic E-state index is 3.39. The lowest BCUT2D eigenvalue weighted by atomic mass is 10.1. The minimum Gasteiger partial charge on any atom is -0.385 e. The molecule has 0 heterocycles. The van der Waals surface area contributed by atoms with Crippen LogP contribution >= 0.6 is 0 Å². The molecule has 1 aromatic rings. The maximum Gasteiger partial charge on any atom is 0.0372 e. The van der Waals surface area contributed by atoms with Gasteiger partial charge in [0.25, 0.3) is 0 Å². The van der Waals surface area contributed by atoms with Gasteiger partial charge in [-0.15, -0.1) is 0 Å². The zero-order valence-electron chi connectivity index (χ0n) is 9.53. The fourth-order valence-electron chi connectivity index (χ4n) is 1.45. The third kappa shape index (κ3) is 4.03. The summed E-state index contributed by atoms with van der Waals surface area (Å²) in [6.45, 7) is 5.25. The van der Waals surface area contributed by atoms with Crippen LogP contribution in [-0.2, 0) is 6.42 Å². The fourth-order valence-corrected chi connectivity index (χ4v) is 1.45. The first kappa shape index (κ1) is 11.6. The number of anilines is 1. The van der Waals surface area contributed by atoms with Crippen LogP contribution in [0.3, 0.4) is 0 Å². The lowest BCUT2D eigenvalue weighted by molar-refractivity contribution is 1.12. The molecule has 0 spiro atoms. The van der Waals surface area contributed by atoms with Crippen molar-refractivity contribution in [2.75, 3.05) is 11.9 Å². The molecule has 1 N–H and O–H groups in total. The van der Waals surface area contributed by atoms with Crippen LogP contribution in [0.4, 0.5) is 5.69 Å². The summed E-state index contributed by atoms with van der Waals surface area (Å²) in [6.07, 6.45) is 1.04. The minimum atomic E-state index is 0.955. The van der Waals surface area contributed by atoms with Crippen molar-refractivity contribution in [1.29, 1.82) is 0 Å². The summed E-state index contributed by atoms with van der Waals surface area (Å²) in [5, 5.41) is 3.39. The lowest BCUT2D eigenvalue weighted by Gasteiger charge is -2.05. The minimum absolute atomic E-state index is 0.955.